The van der Waals surface area contributed by atoms with E-state index < -0.39 is 5.97 Å². The monoisotopic (exact) mass is 379 g/mol. The lowest BCUT2D eigenvalue weighted by Gasteiger charge is -2.18. The maximum absolute atomic E-state index is 11.1. The second-order valence-corrected chi connectivity index (χ2v) is 6.64. The van der Waals surface area contributed by atoms with E-state index in [9.17, 15) is 9.90 Å². The number of rotatable bonds is 12. The summed E-state index contributed by atoms with van der Waals surface area (Å²) in [5.74, 6) is -1.05. The molecule has 0 aliphatic rings. The van der Waals surface area contributed by atoms with Gasteiger partial charge in [0.15, 0.2) is 0 Å². The Morgan fingerprint density at radius 3 is 2.00 bits per heavy atom. The first-order chi connectivity index (χ1) is 13.0. The van der Waals surface area contributed by atoms with Gasteiger partial charge in [0.1, 0.15) is 5.75 Å². The Labute approximate surface area is 164 Å². The molecule has 1 rings (SSSR count). The first kappa shape index (κ1) is 25.0. The highest BCUT2D eigenvalue weighted by Gasteiger charge is 2.05. The van der Waals surface area contributed by atoms with Crippen LogP contribution in [0.4, 0.5) is 0 Å². The number of methoxy groups -OCH3 is 1. The largest absolute Gasteiger partial charge is 0.870 e. The van der Waals surface area contributed by atoms with Gasteiger partial charge in [0.2, 0.25) is 0 Å². The van der Waals surface area contributed by atoms with Gasteiger partial charge in [0.25, 0.3) is 0 Å². The number of hydrogen-bond acceptors (Lipinski definition) is 3. The SMILES string of the molecule is CCCC[NH+](CCCC)CCCC.COc1cc(/C=C/C(=O)O)ccc1[O-]. The van der Waals surface area contributed by atoms with Crippen LogP contribution in [-0.4, -0.2) is 37.8 Å². The van der Waals surface area contributed by atoms with Crippen LogP contribution in [0.2, 0.25) is 0 Å². The van der Waals surface area contributed by atoms with Crippen LogP contribution >= 0.6 is 0 Å². The third-order valence-corrected chi connectivity index (χ3v) is 4.26. The zero-order chi connectivity index (χ0) is 20.5. The number of carbonyl (C=O) groups is 1. The summed E-state index contributed by atoms with van der Waals surface area (Å²) in [6.07, 6.45) is 10.7. The lowest BCUT2D eigenvalue weighted by molar-refractivity contribution is -0.900. The third-order valence-electron chi connectivity index (χ3n) is 4.26. The molecule has 5 heteroatoms. The van der Waals surface area contributed by atoms with E-state index in [1.165, 1.54) is 89.5 Å². The molecule has 0 spiro atoms. The molecule has 0 saturated heterocycles. The Hall–Kier alpha value is -2.01. The molecule has 5 nitrogen and oxygen atoms in total. The summed E-state index contributed by atoms with van der Waals surface area (Å²) in [5.41, 5.74) is 0.615. The van der Waals surface area contributed by atoms with Crippen molar-refractivity contribution in [2.45, 2.75) is 59.3 Å². The number of benzene rings is 1. The van der Waals surface area contributed by atoms with E-state index in [1.54, 1.807) is 0 Å². The lowest BCUT2D eigenvalue weighted by Crippen LogP contribution is -3.12. The summed E-state index contributed by atoms with van der Waals surface area (Å²) in [4.78, 5) is 12.1. The molecule has 1 aromatic rings. The zero-order valence-corrected chi connectivity index (χ0v) is 17.4. The van der Waals surface area contributed by atoms with Gasteiger partial charge in [-0.25, -0.2) is 4.79 Å². The minimum atomic E-state index is -1.03. The number of carboxylic acid groups (broad SMARTS) is 1. The molecule has 0 unspecified atom stereocenters. The van der Waals surface area contributed by atoms with Crippen molar-refractivity contribution in [2.24, 2.45) is 0 Å². The van der Waals surface area contributed by atoms with Gasteiger partial charge in [-0.15, -0.1) is 0 Å². The summed E-state index contributed by atoms with van der Waals surface area (Å²) in [7, 11) is 1.39. The first-order valence-corrected chi connectivity index (χ1v) is 10.1. The fourth-order valence-electron chi connectivity index (χ4n) is 2.61. The van der Waals surface area contributed by atoms with E-state index in [-0.39, 0.29) is 11.5 Å². The Bertz CT molecular complexity index is 524. The van der Waals surface area contributed by atoms with Gasteiger partial charge >= 0.3 is 5.97 Å². The number of unbranched alkanes of at least 4 members (excludes halogenated alkanes) is 3. The van der Waals surface area contributed by atoms with E-state index in [1.807, 2.05) is 4.90 Å². The second kappa shape index (κ2) is 16.2. The van der Waals surface area contributed by atoms with E-state index in [4.69, 9.17) is 9.84 Å². The molecule has 0 aliphatic carbocycles. The van der Waals surface area contributed by atoms with Gasteiger partial charge in [0, 0.05) is 6.08 Å². The van der Waals surface area contributed by atoms with E-state index >= 15 is 0 Å². The quantitative estimate of drug-likeness (QED) is 0.547. The Balaban J connectivity index is 0.000000503. The van der Waals surface area contributed by atoms with Gasteiger partial charge in [-0.05, 0) is 37.0 Å². The van der Waals surface area contributed by atoms with Crippen molar-refractivity contribution in [2.75, 3.05) is 26.7 Å². The third kappa shape index (κ3) is 12.9. The molecule has 0 heterocycles. The van der Waals surface area contributed by atoms with Crippen LogP contribution in [0.15, 0.2) is 24.3 Å². The van der Waals surface area contributed by atoms with Gasteiger partial charge in [-0.2, -0.15) is 0 Å². The van der Waals surface area contributed by atoms with Crippen molar-refractivity contribution < 1.29 is 24.6 Å². The molecular weight excluding hydrogens is 342 g/mol. The Morgan fingerprint density at radius 1 is 1.07 bits per heavy atom. The van der Waals surface area contributed by atoms with Crippen molar-refractivity contribution in [1.82, 2.24) is 0 Å². The fraction of sp³-hybridized carbons (Fsp3) is 0.591. The number of hydrogen-bond donors (Lipinski definition) is 2. The molecule has 0 saturated carbocycles. The van der Waals surface area contributed by atoms with Gasteiger partial charge in [-0.3, -0.25) is 0 Å². The second-order valence-electron chi connectivity index (χ2n) is 6.64. The number of aliphatic carboxylic acids is 1. The Kier molecular flexibility index (Phi) is 15.0. The van der Waals surface area contributed by atoms with Gasteiger partial charge in [0.05, 0.1) is 26.7 Å². The minimum absolute atomic E-state index is 0.206. The summed E-state index contributed by atoms with van der Waals surface area (Å²) < 4.78 is 4.80. The molecule has 154 valence electrons. The highest BCUT2D eigenvalue weighted by Crippen LogP contribution is 2.24. The average molecular weight is 380 g/mol. The van der Waals surface area contributed by atoms with Crippen molar-refractivity contribution in [3.05, 3.63) is 29.8 Å². The molecule has 0 atom stereocenters. The summed E-state index contributed by atoms with van der Waals surface area (Å²) >= 11 is 0. The van der Waals surface area contributed by atoms with Crippen molar-refractivity contribution in [3.63, 3.8) is 0 Å². The summed E-state index contributed by atoms with van der Waals surface area (Å²) in [6, 6.07) is 4.35. The predicted molar refractivity (Wildman–Crippen MR) is 109 cm³/mol. The van der Waals surface area contributed by atoms with Crippen LogP contribution in [0.1, 0.15) is 64.9 Å². The van der Waals surface area contributed by atoms with E-state index in [0.717, 1.165) is 6.08 Å². The molecule has 0 aromatic heterocycles. The standard InChI is InChI=1S/C12H27N.C10H10O4/c1-4-7-10-13(11-8-5-2)12-9-6-3;1-14-9-6-7(2-4-8(9)11)3-5-10(12)13/h4-12H2,1-3H3;2-6,11H,1H3,(H,12,13)/b;5-3+. The van der Waals surface area contributed by atoms with Crippen LogP contribution in [0.3, 0.4) is 0 Å². The van der Waals surface area contributed by atoms with Crippen molar-refractivity contribution in [3.8, 4) is 11.5 Å². The number of carboxylic acids is 1. The summed E-state index contributed by atoms with van der Waals surface area (Å²) in [6.45, 7) is 11.1. The van der Waals surface area contributed by atoms with Crippen molar-refractivity contribution in [1.29, 1.82) is 0 Å². The van der Waals surface area contributed by atoms with E-state index in [0.29, 0.717) is 5.56 Å². The lowest BCUT2D eigenvalue weighted by atomic mass is 10.2. The smallest absolute Gasteiger partial charge is 0.328 e. The molecule has 0 fully saturated rings. The highest BCUT2D eigenvalue weighted by atomic mass is 16.5. The predicted octanol–water partition coefficient (Wildman–Crippen LogP) is 3.14. The van der Waals surface area contributed by atoms with Crippen LogP contribution in [0, 0.1) is 0 Å². The van der Waals surface area contributed by atoms with Crippen LogP contribution in [0.5, 0.6) is 11.5 Å². The highest BCUT2D eigenvalue weighted by molar-refractivity contribution is 5.85. The topological polar surface area (TPSA) is 74.0 Å². The molecular formula is C22H37NO4. The number of quaternary nitrogens is 1. The van der Waals surface area contributed by atoms with Gasteiger partial charge in [-0.1, -0.05) is 57.9 Å². The normalized spacial score (nSPS) is 10.7. The Morgan fingerprint density at radius 2 is 1.59 bits per heavy atom. The first-order valence-electron chi connectivity index (χ1n) is 10.1. The fourth-order valence-corrected chi connectivity index (χ4v) is 2.61. The van der Waals surface area contributed by atoms with Crippen molar-refractivity contribution >= 4 is 12.0 Å². The van der Waals surface area contributed by atoms with Crippen LogP contribution in [0.25, 0.3) is 6.08 Å². The minimum Gasteiger partial charge on any atom is -0.870 e. The number of ether oxygens (including phenoxy) is 1. The molecule has 1 aromatic carbocycles. The van der Waals surface area contributed by atoms with E-state index in [2.05, 4.69) is 20.8 Å². The molecule has 0 bridgehead atoms. The molecule has 0 radical (unpaired) electrons. The molecule has 0 amide bonds. The average Bonchev–Trinajstić information content (AvgIpc) is 2.67. The molecule has 0 aliphatic heterocycles. The summed E-state index contributed by atoms with van der Waals surface area (Å²) in [5, 5.41) is 19.5. The maximum atomic E-state index is 11.1. The zero-order valence-electron chi connectivity index (χ0n) is 17.4. The molecule has 2 N–H and O–H groups in total. The van der Waals surface area contributed by atoms with Gasteiger partial charge < -0.3 is 19.8 Å². The van der Waals surface area contributed by atoms with Crippen LogP contribution < -0.4 is 14.7 Å². The maximum Gasteiger partial charge on any atom is 0.328 e. The van der Waals surface area contributed by atoms with Crippen LogP contribution in [-0.2, 0) is 4.79 Å². The number of nitrogens with one attached hydrogen (secondary N) is 1. The molecule has 27 heavy (non-hydrogen) atoms.